The second-order valence-electron chi connectivity index (χ2n) is 5.34. The van der Waals surface area contributed by atoms with Crippen molar-refractivity contribution in [3.63, 3.8) is 0 Å². The van der Waals surface area contributed by atoms with Crippen LogP contribution in [0.25, 0.3) is 10.9 Å². The van der Waals surface area contributed by atoms with Gasteiger partial charge in [0.1, 0.15) is 0 Å². The quantitative estimate of drug-likeness (QED) is 0.848. The molecule has 1 aromatic carbocycles. The van der Waals surface area contributed by atoms with Crippen molar-refractivity contribution in [2.24, 2.45) is 0 Å². The van der Waals surface area contributed by atoms with Gasteiger partial charge in [0.25, 0.3) is 0 Å². The van der Waals surface area contributed by atoms with Gasteiger partial charge in [-0.15, -0.1) is 0 Å². The van der Waals surface area contributed by atoms with Gasteiger partial charge in [0.05, 0.1) is 25.3 Å². The molecular formula is C17H25NO3. The predicted octanol–water partition coefficient (Wildman–Crippen LogP) is 3.55. The number of rotatable bonds is 7. The first kappa shape index (κ1) is 15.7. The Labute approximate surface area is 126 Å². The molecule has 2 aromatic rings. The summed E-state index contributed by atoms with van der Waals surface area (Å²) in [7, 11) is 0. The summed E-state index contributed by atoms with van der Waals surface area (Å²) in [4.78, 5) is 0. The highest BCUT2D eigenvalue weighted by atomic mass is 16.5. The van der Waals surface area contributed by atoms with E-state index in [2.05, 4.69) is 30.7 Å². The lowest BCUT2D eigenvalue weighted by atomic mass is 10.0. The smallest absolute Gasteiger partial charge is 0.163 e. The van der Waals surface area contributed by atoms with Gasteiger partial charge < -0.3 is 19.1 Å². The lowest BCUT2D eigenvalue weighted by molar-refractivity contribution is 0.277. The highest BCUT2D eigenvalue weighted by molar-refractivity contribution is 5.88. The first-order valence-corrected chi connectivity index (χ1v) is 7.65. The van der Waals surface area contributed by atoms with Gasteiger partial charge in [-0.1, -0.05) is 13.8 Å². The third-order valence-corrected chi connectivity index (χ3v) is 3.54. The summed E-state index contributed by atoms with van der Waals surface area (Å²) < 4.78 is 13.5. The van der Waals surface area contributed by atoms with Crippen LogP contribution in [0.2, 0.25) is 0 Å². The van der Waals surface area contributed by atoms with Gasteiger partial charge in [-0.3, -0.25) is 0 Å². The number of fused-ring (bicyclic) bond motifs is 1. The number of aromatic nitrogens is 1. The van der Waals surface area contributed by atoms with Crippen LogP contribution in [0.3, 0.4) is 0 Å². The van der Waals surface area contributed by atoms with E-state index in [1.54, 1.807) is 0 Å². The van der Waals surface area contributed by atoms with Crippen molar-refractivity contribution in [2.75, 3.05) is 19.8 Å². The third-order valence-electron chi connectivity index (χ3n) is 3.54. The van der Waals surface area contributed by atoms with E-state index in [0.29, 0.717) is 25.7 Å². The standard InChI is InChI=1S/C17H25NO3/c1-5-20-16-9-13-14(12(3)4)11-18(7-8-19)15(13)10-17(16)21-6-2/h9-12,19H,5-8H2,1-4H3. The molecule has 0 unspecified atom stereocenters. The Bertz CT molecular complexity index is 602. The molecule has 0 aliphatic heterocycles. The zero-order valence-electron chi connectivity index (χ0n) is 13.3. The zero-order chi connectivity index (χ0) is 15.4. The highest BCUT2D eigenvalue weighted by Gasteiger charge is 2.16. The summed E-state index contributed by atoms with van der Waals surface area (Å²) in [6, 6.07) is 4.08. The molecule has 0 aliphatic carbocycles. The largest absolute Gasteiger partial charge is 0.490 e. The normalized spacial score (nSPS) is 11.3. The summed E-state index contributed by atoms with van der Waals surface area (Å²) in [5.74, 6) is 1.97. The van der Waals surface area contributed by atoms with E-state index in [9.17, 15) is 5.11 Å². The Morgan fingerprint density at radius 3 is 2.24 bits per heavy atom. The first-order valence-electron chi connectivity index (χ1n) is 7.65. The molecule has 0 fully saturated rings. The van der Waals surface area contributed by atoms with Crippen LogP contribution in [0, 0.1) is 0 Å². The van der Waals surface area contributed by atoms with Gasteiger partial charge in [-0.25, -0.2) is 0 Å². The van der Waals surface area contributed by atoms with Crippen LogP contribution in [0.1, 0.15) is 39.2 Å². The molecule has 0 atom stereocenters. The maximum absolute atomic E-state index is 9.26. The highest BCUT2D eigenvalue weighted by Crippen LogP contribution is 2.37. The minimum absolute atomic E-state index is 0.124. The molecule has 0 amide bonds. The molecule has 1 heterocycles. The van der Waals surface area contributed by atoms with E-state index in [1.807, 2.05) is 19.9 Å². The fourth-order valence-corrected chi connectivity index (χ4v) is 2.61. The molecule has 1 N–H and O–H groups in total. The fraction of sp³-hybridized carbons (Fsp3) is 0.529. The molecule has 1 aromatic heterocycles. The fourth-order valence-electron chi connectivity index (χ4n) is 2.61. The van der Waals surface area contributed by atoms with Crippen LogP contribution >= 0.6 is 0 Å². The van der Waals surface area contributed by atoms with Crippen LogP contribution in [0.4, 0.5) is 0 Å². The summed E-state index contributed by atoms with van der Waals surface area (Å²) >= 11 is 0. The Balaban J connectivity index is 2.64. The Morgan fingerprint density at radius 1 is 1.10 bits per heavy atom. The molecule has 0 radical (unpaired) electrons. The maximum atomic E-state index is 9.26. The minimum atomic E-state index is 0.124. The zero-order valence-corrected chi connectivity index (χ0v) is 13.3. The van der Waals surface area contributed by atoms with Crippen LogP contribution in [0.5, 0.6) is 11.5 Å². The number of hydrogen-bond acceptors (Lipinski definition) is 3. The van der Waals surface area contributed by atoms with Crippen LogP contribution in [-0.4, -0.2) is 29.5 Å². The molecule has 4 heteroatoms. The van der Waals surface area contributed by atoms with Crippen molar-refractivity contribution in [2.45, 2.75) is 40.2 Å². The average Bonchev–Trinajstić information content (AvgIpc) is 2.79. The molecule has 0 aliphatic rings. The topological polar surface area (TPSA) is 43.6 Å². The van der Waals surface area contributed by atoms with Crippen LogP contribution in [-0.2, 0) is 6.54 Å². The SMILES string of the molecule is CCOc1cc2c(C(C)C)cn(CCO)c2cc1OCC. The van der Waals surface area contributed by atoms with E-state index < -0.39 is 0 Å². The summed E-state index contributed by atoms with van der Waals surface area (Å²) in [5, 5.41) is 10.4. The Morgan fingerprint density at radius 2 is 1.71 bits per heavy atom. The lowest BCUT2D eigenvalue weighted by Crippen LogP contribution is -2.02. The molecule has 21 heavy (non-hydrogen) atoms. The maximum Gasteiger partial charge on any atom is 0.163 e. The molecular weight excluding hydrogens is 266 g/mol. The van der Waals surface area contributed by atoms with Gasteiger partial charge in [-0.05, 0) is 31.4 Å². The lowest BCUT2D eigenvalue weighted by Gasteiger charge is -2.12. The molecule has 2 rings (SSSR count). The number of hydrogen-bond donors (Lipinski definition) is 1. The van der Waals surface area contributed by atoms with Crippen molar-refractivity contribution in [1.29, 1.82) is 0 Å². The number of benzene rings is 1. The molecule has 116 valence electrons. The van der Waals surface area contributed by atoms with Gasteiger partial charge in [0.2, 0.25) is 0 Å². The molecule has 0 spiro atoms. The van der Waals surface area contributed by atoms with Crippen molar-refractivity contribution in [1.82, 2.24) is 4.57 Å². The van der Waals surface area contributed by atoms with Gasteiger partial charge in [0, 0.05) is 24.2 Å². The predicted molar refractivity (Wildman–Crippen MR) is 85.5 cm³/mol. The summed E-state index contributed by atoms with van der Waals surface area (Å²) in [6.45, 7) is 10.2. The molecule has 0 bridgehead atoms. The second kappa shape index (κ2) is 6.85. The van der Waals surface area contributed by atoms with E-state index in [4.69, 9.17) is 9.47 Å². The van der Waals surface area contributed by atoms with E-state index in [-0.39, 0.29) is 6.61 Å². The third kappa shape index (κ3) is 3.16. The summed E-state index contributed by atoms with van der Waals surface area (Å²) in [5.41, 5.74) is 2.35. The van der Waals surface area contributed by atoms with Crippen LogP contribution < -0.4 is 9.47 Å². The monoisotopic (exact) mass is 291 g/mol. The summed E-state index contributed by atoms with van der Waals surface area (Å²) in [6.07, 6.45) is 2.12. The number of ether oxygens (including phenoxy) is 2. The van der Waals surface area contributed by atoms with Crippen molar-refractivity contribution in [3.8, 4) is 11.5 Å². The van der Waals surface area contributed by atoms with Crippen molar-refractivity contribution in [3.05, 3.63) is 23.9 Å². The van der Waals surface area contributed by atoms with E-state index >= 15 is 0 Å². The minimum Gasteiger partial charge on any atom is -0.490 e. The van der Waals surface area contributed by atoms with Crippen LogP contribution in [0.15, 0.2) is 18.3 Å². The molecule has 4 nitrogen and oxygen atoms in total. The van der Waals surface area contributed by atoms with E-state index in [1.165, 1.54) is 10.9 Å². The van der Waals surface area contributed by atoms with Crippen molar-refractivity contribution < 1.29 is 14.6 Å². The van der Waals surface area contributed by atoms with Crippen molar-refractivity contribution >= 4 is 10.9 Å². The molecule has 0 saturated heterocycles. The van der Waals surface area contributed by atoms with Gasteiger partial charge in [0.15, 0.2) is 11.5 Å². The van der Waals surface area contributed by atoms with E-state index in [0.717, 1.165) is 17.0 Å². The Kier molecular flexibility index (Phi) is 5.12. The average molecular weight is 291 g/mol. The second-order valence-corrected chi connectivity index (χ2v) is 5.34. The first-order chi connectivity index (χ1) is 10.1. The molecule has 0 saturated carbocycles. The Hall–Kier alpha value is -1.68. The van der Waals surface area contributed by atoms with Gasteiger partial charge >= 0.3 is 0 Å². The number of aliphatic hydroxyl groups excluding tert-OH is 1. The van der Waals surface area contributed by atoms with Gasteiger partial charge in [-0.2, -0.15) is 0 Å². The number of aliphatic hydroxyl groups is 1. The number of nitrogens with zero attached hydrogens (tertiary/aromatic N) is 1.